The zero-order valence-corrected chi connectivity index (χ0v) is 13.1. The molecule has 0 unspecified atom stereocenters. The van der Waals surface area contributed by atoms with Crippen molar-refractivity contribution in [2.45, 2.75) is 13.3 Å². The molecule has 0 spiro atoms. The molecule has 0 bridgehead atoms. The molecule has 21 heavy (non-hydrogen) atoms. The predicted molar refractivity (Wildman–Crippen MR) is 86.5 cm³/mol. The van der Waals surface area contributed by atoms with E-state index in [1.807, 2.05) is 0 Å². The average molecular weight is 305 g/mol. The third-order valence-electron chi connectivity index (χ3n) is 3.81. The van der Waals surface area contributed by atoms with E-state index in [-0.39, 0.29) is 5.82 Å². The summed E-state index contributed by atoms with van der Waals surface area (Å²) in [6, 6.07) is 6.54. The minimum atomic E-state index is -0.207. The number of anilines is 1. The van der Waals surface area contributed by atoms with Crippen molar-refractivity contribution >= 4 is 16.5 Å². The van der Waals surface area contributed by atoms with Crippen LogP contribution in [0, 0.1) is 5.82 Å². The summed E-state index contributed by atoms with van der Waals surface area (Å²) in [7, 11) is 0. The molecule has 112 valence electrons. The predicted octanol–water partition coefficient (Wildman–Crippen LogP) is 3.48. The van der Waals surface area contributed by atoms with Gasteiger partial charge in [0.1, 0.15) is 5.82 Å². The maximum atomic E-state index is 13.0. The molecule has 1 fully saturated rings. The average Bonchev–Trinajstić information content (AvgIpc) is 2.99. The minimum absolute atomic E-state index is 0.207. The van der Waals surface area contributed by atoms with E-state index in [1.54, 1.807) is 23.5 Å². The molecule has 2 aromatic rings. The molecule has 0 aliphatic carbocycles. The summed E-state index contributed by atoms with van der Waals surface area (Å²) in [5.74, 6) is -0.207. The zero-order valence-electron chi connectivity index (χ0n) is 12.3. The van der Waals surface area contributed by atoms with Crippen LogP contribution < -0.4 is 4.90 Å². The SMILES string of the molecule is CCCN1CCN(c2nc(-c3ccc(F)cc3)cs2)CC1. The van der Waals surface area contributed by atoms with Gasteiger partial charge in [0.25, 0.3) is 0 Å². The van der Waals surface area contributed by atoms with Crippen LogP contribution in [0.4, 0.5) is 9.52 Å². The van der Waals surface area contributed by atoms with Crippen molar-refractivity contribution in [2.24, 2.45) is 0 Å². The van der Waals surface area contributed by atoms with Crippen molar-refractivity contribution < 1.29 is 4.39 Å². The number of benzene rings is 1. The lowest BCUT2D eigenvalue weighted by atomic mass is 10.2. The van der Waals surface area contributed by atoms with Crippen LogP contribution >= 0.6 is 11.3 Å². The van der Waals surface area contributed by atoms with Gasteiger partial charge >= 0.3 is 0 Å². The summed E-state index contributed by atoms with van der Waals surface area (Å²) in [6.45, 7) is 7.71. The van der Waals surface area contributed by atoms with E-state index in [0.717, 1.165) is 42.6 Å². The van der Waals surface area contributed by atoms with Gasteiger partial charge in [0.2, 0.25) is 0 Å². The van der Waals surface area contributed by atoms with Crippen molar-refractivity contribution in [1.82, 2.24) is 9.88 Å². The van der Waals surface area contributed by atoms with E-state index < -0.39 is 0 Å². The summed E-state index contributed by atoms with van der Waals surface area (Å²) in [5, 5.41) is 3.13. The standard InChI is InChI=1S/C16H20FN3S/c1-2-7-19-8-10-20(11-9-19)16-18-15(12-21-16)13-3-5-14(17)6-4-13/h3-6,12H,2,7-11H2,1H3. The summed E-state index contributed by atoms with van der Waals surface area (Å²) >= 11 is 1.67. The van der Waals surface area contributed by atoms with Gasteiger partial charge in [-0.1, -0.05) is 6.92 Å². The Hall–Kier alpha value is -1.46. The monoisotopic (exact) mass is 305 g/mol. The van der Waals surface area contributed by atoms with Crippen LogP contribution in [0.25, 0.3) is 11.3 Å². The smallest absolute Gasteiger partial charge is 0.185 e. The van der Waals surface area contributed by atoms with Crippen molar-refractivity contribution in [2.75, 3.05) is 37.6 Å². The number of hydrogen-bond donors (Lipinski definition) is 0. The van der Waals surface area contributed by atoms with Gasteiger partial charge in [0.15, 0.2) is 5.13 Å². The molecule has 2 heterocycles. The second-order valence-electron chi connectivity index (χ2n) is 5.35. The van der Waals surface area contributed by atoms with Gasteiger partial charge in [-0.2, -0.15) is 0 Å². The number of halogens is 1. The molecule has 1 aliphatic heterocycles. The maximum Gasteiger partial charge on any atom is 0.185 e. The molecule has 5 heteroatoms. The fourth-order valence-electron chi connectivity index (χ4n) is 2.64. The molecule has 0 atom stereocenters. The van der Waals surface area contributed by atoms with Gasteiger partial charge in [-0.05, 0) is 37.2 Å². The summed E-state index contributed by atoms with van der Waals surface area (Å²) in [5.41, 5.74) is 1.91. The quantitative estimate of drug-likeness (QED) is 0.862. The van der Waals surface area contributed by atoms with Crippen LogP contribution in [0.1, 0.15) is 13.3 Å². The van der Waals surface area contributed by atoms with Gasteiger partial charge in [-0.15, -0.1) is 11.3 Å². The topological polar surface area (TPSA) is 19.4 Å². The van der Waals surface area contributed by atoms with Crippen molar-refractivity contribution in [1.29, 1.82) is 0 Å². The zero-order chi connectivity index (χ0) is 14.7. The third kappa shape index (κ3) is 3.41. The van der Waals surface area contributed by atoms with E-state index in [0.29, 0.717) is 0 Å². The lowest BCUT2D eigenvalue weighted by Crippen LogP contribution is -2.46. The number of aromatic nitrogens is 1. The molecule has 0 amide bonds. The van der Waals surface area contributed by atoms with Crippen LogP contribution in [0.2, 0.25) is 0 Å². The second kappa shape index (κ2) is 6.54. The molecule has 0 N–H and O–H groups in total. The highest BCUT2D eigenvalue weighted by molar-refractivity contribution is 7.14. The van der Waals surface area contributed by atoms with Crippen LogP contribution in [0.5, 0.6) is 0 Å². The van der Waals surface area contributed by atoms with Crippen LogP contribution in [-0.2, 0) is 0 Å². The van der Waals surface area contributed by atoms with Crippen LogP contribution in [0.15, 0.2) is 29.6 Å². The highest BCUT2D eigenvalue weighted by Crippen LogP contribution is 2.28. The Balaban J connectivity index is 1.67. The van der Waals surface area contributed by atoms with Gasteiger partial charge < -0.3 is 4.90 Å². The van der Waals surface area contributed by atoms with Crippen molar-refractivity contribution in [3.63, 3.8) is 0 Å². The first-order valence-electron chi connectivity index (χ1n) is 7.45. The third-order valence-corrected chi connectivity index (χ3v) is 4.72. The molecule has 3 rings (SSSR count). The Bertz CT molecular complexity index is 573. The first-order valence-corrected chi connectivity index (χ1v) is 8.33. The summed E-state index contributed by atoms with van der Waals surface area (Å²) in [6.07, 6.45) is 1.21. The Kier molecular flexibility index (Phi) is 4.51. The van der Waals surface area contributed by atoms with Gasteiger partial charge in [-0.25, -0.2) is 9.37 Å². The molecule has 1 aromatic heterocycles. The number of nitrogens with zero attached hydrogens (tertiary/aromatic N) is 3. The van der Waals surface area contributed by atoms with Gasteiger partial charge in [0, 0.05) is 37.1 Å². The fourth-order valence-corrected chi connectivity index (χ4v) is 3.53. The lowest BCUT2D eigenvalue weighted by molar-refractivity contribution is 0.258. The summed E-state index contributed by atoms with van der Waals surface area (Å²) in [4.78, 5) is 9.56. The number of piperazine rings is 1. The van der Waals surface area contributed by atoms with E-state index in [1.165, 1.54) is 25.1 Å². The molecule has 1 aliphatic rings. The van der Waals surface area contributed by atoms with Crippen LogP contribution in [-0.4, -0.2) is 42.6 Å². The fraction of sp³-hybridized carbons (Fsp3) is 0.438. The van der Waals surface area contributed by atoms with Crippen molar-refractivity contribution in [3.05, 3.63) is 35.5 Å². The molecular formula is C16H20FN3S. The highest BCUT2D eigenvalue weighted by Gasteiger charge is 2.19. The van der Waals surface area contributed by atoms with Crippen molar-refractivity contribution in [3.8, 4) is 11.3 Å². The van der Waals surface area contributed by atoms with E-state index in [2.05, 4.69) is 22.1 Å². The summed E-state index contributed by atoms with van der Waals surface area (Å²) < 4.78 is 13.0. The molecule has 0 saturated carbocycles. The number of thiazole rings is 1. The van der Waals surface area contributed by atoms with Gasteiger partial charge in [-0.3, -0.25) is 4.90 Å². The van der Waals surface area contributed by atoms with Gasteiger partial charge in [0.05, 0.1) is 5.69 Å². The highest BCUT2D eigenvalue weighted by atomic mass is 32.1. The number of rotatable bonds is 4. The number of hydrogen-bond acceptors (Lipinski definition) is 4. The molecule has 1 saturated heterocycles. The van der Waals surface area contributed by atoms with E-state index in [4.69, 9.17) is 4.98 Å². The van der Waals surface area contributed by atoms with E-state index in [9.17, 15) is 4.39 Å². The minimum Gasteiger partial charge on any atom is -0.346 e. The lowest BCUT2D eigenvalue weighted by Gasteiger charge is -2.34. The molecule has 1 aromatic carbocycles. The van der Waals surface area contributed by atoms with E-state index >= 15 is 0 Å². The van der Waals surface area contributed by atoms with Crippen LogP contribution in [0.3, 0.4) is 0 Å². The Morgan fingerprint density at radius 3 is 2.52 bits per heavy atom. The first kappa shape index (κ1) is 14.5. The maximum absolute atomic E-state index is 13.0. The Morgan fingerprint density at radius 1 is 1.14 bits per heavy atom. The molecular weight excluding hydrogens is 285 g/mol. The Morgan fingerprint density at radius 2 is 1.86 bits per heavy atom. The second-order valence-corrected chi connectivity index (χ2v) is 6.19. The normalized spacial score (nSPS) is 16.4. The first-order chi connectivity index (χ1) is 10.3. The molecule has 3 nitrogen and oxygen atoms in total. The largest absolute Gasteiger partial charge is 0.346 e. The molecule has 0 radical (unpaired) electrons. The Labute approximate surface area is 129 Å².